The summed E-state index contributed by atoms with van der Waals surface area (Å²) in [4.78, 5) is 0. The highest BCUT2D eigenvalue weighted by Gasteiger charge is 2.02. The van der Waals surface area contributed by atoms with Gasteiger partial charge in [0.1, 0.15) is 0 Å². The molecule has 0 amide bonds. The molecule has 21 heavy (non-hydrogen) atoms. The van der Waals surface area contributed by atoms with Gasteiger partial charge in [0.15, 0.2) is 0 Å². The van der Waals surface area contributed by atoms with Crippen molar-refractivity contribution in [2.45, 2.75) is 19.8 Å². The number of benzene rings is 3. The molecule has 0 nitrogen and oxygen atoms in total. The zero-order valence-corrected chi connectivity index (χ0v) is 12.4. The fourth-order valence-corrected chi connectivity index (χ4v) is 2.82. The van der Waals surface area contributed by atoms with E-state index in [0.717, 1.165) is 12.8 Å². The van der Waals surface area contributed by atoms with E-state index in [4.69, 9.17) is 0 Å². The lowest BCUT2D eigenvalue weighted by Gasteiger charge is -2.08. The molecule has 0 radical (unpaired) electrons. The molecule has 0 aromatic heterocycles. The Kier molecular flexibility index (Phi) is 4.16. The van der Waals surface area contributed by atoms with Crippen molar-refractivity contribution in [1.29, 1.82) is 0 Å². The predicted molar refractivity (Wildman–Crippen MR) is 89.7 cm³/mol. The van der Waals surface area contributed by atoms with Gasteiger partial charge in [-0.2, -0.15) is 0 Å². The minimum Gasteiger partial charge on any atom is -0.0622 e. The molecule has 0 aliphatic carbocycles. The van der Waals surface area contributed by atoms with Crippen LogP contribution in [0.2, 0.25) is 0 Å². The molecular weight excluding hydrogens is 252 g/mol. The monoisotopic (exact) mass is 272 g/mol. The Bertz CT molecular complexity index is 637. The van der Waals surface area contributed by atoms with E-state index in [1.807, 2.05) is 0 Å². The molecule has 3 aromatic carbocycles. The Labute approximate surface area is 127 Å². The van der Waals surface area contributed by atoms with Crippen LogP contribution in [0, 0.1) is 6.92 Å². The SMILES string of the molecule is Cc1cc(Cc2ccccc2)cc(Cc2ccccc2)c1. The standard InChI is InChI=1S/C21H20/c1-17-12-20(14-18-8-4-2-5-9-18)16-21(13-17)15-19-10-6-3-7-11-19/h2-13,16H,14-15H2,1H3. The summed E-state index contributed by atoms with van der Waals surface area (Å²) in [5.41, 5.74) is 6.87. The van der Waals surface area contributed by atoms with E-state index in [9.17, 15) is 0 Å². The highest BCUT2D eigenvalue weighted by molar-refractivity contribution is 5.36. The van der Waals surface area contributed by atoms with Crippen molar-refractivity contribution < 1.29 is 0 Å². The number of hydrogen-bond acceptors (Lipinski definition) is 0. The lowest BCUT2D eigenvalue weighted by atomic mass is 9.97. The Morgan fingerprint density at radius 2 is 0.952 bits per heavy atom. The lowest BCUT2D eigenvalue weighted by molar-refractivity contribution is 1.12. The summed E-state index contributed by atoms with van der Waals surface area (Å²) >= 11 is 0. The first-order chi connectivity index (χ1) is 10.3. The molecule has 0 atom stereocenters. The van der Waals surface area contributed by atoms with Crippen molar-refractivity contribution in [1.82, 2.24) is 0 Å². The van der Waals surface area contributed by atoms with Gasteiger partial charge in [0.05, 0.1) is 0 Å². The molecule has 0 N–H and O–H groups in total. The second kappa shape index (κ2) is 6.41. The van der Waals surface area contributed by atoms with Crippen LogP contribution in [-0.2, 0) is 12.8 Å². The van der Waals surface area contributed by atoms with Crippen LogP contribution in [0.25, 0.3) is 0 Å². The smallest absolute Gasteiger partial charge is 0.00256 e. The Hall–Kier alpha value is -2.34. The Morgan fingerprint density at radius 3 is 1.38 bits per heavy atom. The molecule has 0 heteroatoms. The minimum atomic E-state index is 1.00. The first kappa shape index (κ1) is 13.6. The maximum absolute atomic E-state index is 2.34. The summed E-state index contributed by atoms with van der Waals surface area (Å²) in [6.07, 6.45) is 2.01. The van der Waals surface area contributed by atoms with Crippen LogP contribution < -0.4 is 0 Å². The Morgan fingerprint density at radius 1 is 0.524 bits per heavy atom. The summed E-state index contributed by atoms with van der Waals surface area (Å²) in [6, 6.07) is 28.3. The maximum Gasteiger partial charge on any atom is -0.00256 e. The van der Waals surface area contributed by atoms with E-state index >= 15 is 0 Å². The number of rotatable bonds is 4. The van der Waals surface area contributed by atoms with E-state index in [1.165, 1.54) is 27.8 Å². The third-order valence-electron chi connectivity index (χ3n) is 3.70. The zero-order chi connectivity index (χ0) is 14.5. The molecule has 0 fully saturated rings. The minimum absolute atomic E-state index is 1.00. The highest BCUT2D eigenvalue weighted by atomic mass is 14.1. The van der Waals surface area contributed by atoms with Crippen molar-refractivity contribution in [3.8, 4) is 0 Å². The van der Waals surface area contributed by atoms with Gasteiger partial charge in [-0.3, -0.25) is 0 Å². The van der Waals surface area contributed by atoms with Crippen LogP contribution in [-0.4, -0.2) is 0 Å². The molecule has 0 aliphatic heterocycles. The molecule has 0 aliphatic rings. The van der Waals surface area contributed by atoms with E-state index in [-0.39, 0.29) is 0 Å². The summed E-state index contributed by atoms with van der Waals surface area (Å²) < 4.78 is 0. The topological polar surface area (TPSA) is 0 Å². The molecule has 0 saturated heterocycles. The quantitative estimate of drug-likeness (QED) is 0.614. The molecule has 0 heterocycles. The van der Waals surface area contributed by atoms with Crippen LogP contribution in [0.4, 0.5) is 0 Å². The summed E-state index contributed by atoms with van der Waals surface area (Å²) in [5.74, 6) is 0. The van der Waals surface area contributed by atoms with Crippen LogP contribution >= 0.6 is 0 Å². The molecule has 104 valence electrons. The number of aryl methyl sites for hydroxylation is 1. The molecule has 3 aromatic rings. The van der Waals surface area contributed by atoms with Gasteiger partial charge in [0.25, 0.3) is 0 Å². The number of hydrogen-bond donors (Lipinski definition) is 0. The third-order valence-corrected chi connectivity index (χ3v) is 3.70. The molecular formula is C21H20. The van der Waals surface area contributed by atoms with Gasteiger partial charge in [-0.05, 0) is 42.0 Å². The maximum atomic E-state index is 2.34. The van der Waals surface area contributed by atoms with Crippen LogP contribution in [0.15, 0.2) is 78.9 Å². The third kappa shape index (κ3) is 3.82. The molecule has 0 unspecified atom stereocenters. The van der Waals surface area contributed by atoms with Crippen molar-refractivity contribution in [2.75, 3.05) is 0 Å². The second-order valence-electron chi connectivity index (χ2n) is 5.65. The van der Waals surface area contributed by atoms with Gasteiger partial charge >= 0.3 is 0 Å². The van der Waals surface area contributed by atoms with Gasteiger partial charge in [0, 0.05) is 0 Å². The highest BCUT2D eigenvalue weighted by Crippen LogP contribution is 2.17. The first-order valence-corrected chi connectivity index (χ1v) is 7.47. The van der Waals surface area contributed by atoms with E-state index in [0.29, 0.717) is 0 Å². The van der Waals surface area contributed by atoms with Crippen LogP contribution in [0.1, 0.15) is 27.8 Å². The Balaban J connectivity index is 1.83. The van der Waals surface area contributed by atoms with Crippen molar-refractivity contribution in [3.05, 3.63) is 107 Å². The van der Waals surface area contributed by atoms with E-state index < -0.39 is 0 Å². The van der Waals surface area contributed by atoms with E-state index in [2.05, 4.69) is 85.8 Å². The molecule has 3 rings (SSSR count). The average molecular weight is 272 g/mol. The molecule has 0 saturated carbocycles. The van der Waals surface area contributed by atoms with Crippen LogP contribution in [0.3, 0.4) is 0 Å². The summed E-state index contributed by atoms with van der Waals surface area (Å²) in [7, 11) is 0. The molecule has 0 bridgehead atoms. The molecule has 0 spiro atoms. The van der Waals surface area contributed by atoms with Gasteiger partial charge in [-0.15, -0.1) is 0 Å². The van der Waals surface area contributed by atoms with Crippen molar-refractivity contribution in [2.24, 2.45) is 0 Å². The predicted octanol–water partition coefficient (Wildman–Crippen LogP) is 5.18. The fraction of sp³-hybridized carbons (Fsp3) is 0.143. The second-order valence-corrected chi connectivity index (χ2v) is 5.65. The normalized spacial score (nSPS) is 10.5. The van der Waals surface area contributed by atoms with Gasteiger partial charge in [0.2, 0.25) is 0 Å². The van der Waals surface area contributed by atoms with Crippen LogP contribution in [0.5, 0.6) is 0 Å². The van der Waals surface area contributed by atoms with Gasteiger partial charge in [-0.25, -0.2) is 0 Å². The van der Waals surface area contributed by atoms with Crippen molar-refractivity contribution >= 4 is 0 Å². The largest absolute Gasteiger partial charge is 0.0622 e. The van der Waals surface area contributed by atoms with Gasteiger partial charge < -0.3 is 0 Å². The first-order valence-electron chi connectivity index (χ1n) is 7.47. The zero-order valence-electron chi connectivity index (χ0n) is 12.4. The summed E-state index contributed by atoms with van der Waals surface area (Å²) in [6.45, 7) is 2.18. The average Bonchev–Trinajstić information content (AvgIpc) is 2.48. The lowest BCUT2D eigenvalue weighted by Crippen LogP contribution is -1.94. The summed E-state index contributed by atoms with van der Waals surface area (Å²) in [5, 5.41) is 0. The fourth-order valence-electron chi connectivity index (χ4n) is 2.82. The van der Waals surface area contributed by atoms with Gasteiger partial charge in [-0.1, -0.05) is 84.4 Å². The van der Waals surface area contributed by atoms with E-state index in [1.54, 1.807) is 0 Å². The van der Waals surface area contributed by atoms with Crippen molar-refractivity contribution in [3.63, 3.8) is 0 Å².